The molecule has 2 aromatic rings. The summed E-state index contributed by atoms with van der Waals surface area (Å²) in [5, 5.41) is 1.09. The second-order valence-electron chi connectivity index (χ2n) is 4.21. The number of H-pyrrole nitrogens is 1. The number of hydrogen-bond acceptors (Lipinski definition) is 3. The summed E-state index contributed by atoms with van der Waals surface area (Å²) in [5.41, 5.74) is 9.23. The van der Waals surface area contributed by atoms with Crippen molar-refractivity contribution in [3.05, 3.63) is 23.4 Å². The molecular formula is C13H18N2O2. The first kappa shape index (κ1) is 11.8. The average Bonchev–Trinajstić information content (AvgIpc) is 2.61. The molecular weight excluding hydrogens is 216 g/mol. The van der Waals surface area contributed by atoms with Crippen LogP contribution in [0.4, 0.5) is 0 Å². The number of nitrogens with one attached hydrogen (secondary N) is 1. The molecule has 0 aliphatic carbocycles. The van der Waals surface area contributed by atoms with Crippen LogP contribution in [-0.4, -0.2) is 19.2 Å². The zero-order valence-electron chi connectivity index (χ0n) is 10.6. The number of ether oxygens (including phenoxy) is 2. The average molecular weight is 234 g/mol. The number of rotatable bonds is 3. The van der Waals surface area contributed by atoms with Crippen molar-refractivity contribution >= 4 is 10.9 Å². The highest BCUT2D eigenvalue weighted by Gasteiger charge is 2.15. The number of fused-ring (bicyclic) bond motifs is 1. The van der Waals surface area contributed by atoms with Gasteiger partial charge in [-0.25, -0.2) is 0 Å². The van der Waals surface area contributed by atoms with E-state index in [0.29, 0.717) is 0 Å². The van der Waals surface area contributed by atoms with Crippen LogP contribution in [-0.2, 0) is 0 Å². The zero-order chi connectivity index (χ0) is 12.6. The molecule has 0 saturated carbocycles. The summed E-state index contributed by atoms with van der Waals surface area (Å²) >= 11 is 0. The first-order valence-electron chi connectivity index (χ1n) is 5.58. The lowest BCUT2D eigenvalue weighted by atomic mass is 10.0. The Bertz CT molecular complexity index is 544. The van der Waals surface area contributed by atoms with Gasteiger partial charge in [0.05, 0.1) is 14.2 Å². The smallest absolute Gasteiger partial charge is 0.162 e. The number of hydrogen-bond donors (Lipinski definition) is 2. The molecule has 0 radical (unpaired) electrons. The minimum absolute atomic E-state index is 0.0122. The third-order valence-corrected chi connectivity index (χ3v) is 3.00. The summed E-state index contributed by atoms with van der Waals surface area (Å²) in [6.45, 7) is 4.00. The fourth-order valence-electron chi connectivity index (χ4n) is 2.26. The van der Waals surface area contributed by atoms with Gasteiger partial charge in [-0.05, 0) is 25.5 Å². The van der Waals surface area contributed by atoms with Crippen molar-refractivity contribution in [1.82, 2.24) is 4.98 Å². The monoisotopic (exact) mass is 234 g/mol. The topological polar surface area (TPSA) is 60.3 Å². The molecule has 0 saturated heterocycles. The van der Waals surface area contributed by atoms with Crippen molar-refractivity contribution in [2.24, 2.45) is 5.73 Å². The Labute approximate surface area is 101 Å². The fraction of sp³-hybridized carbons (Fsp3) is 0.385. The molecule has 92 valence electrons. The van der Waals surface area contributed by atoms with Crippen LogP contribution in [0.25, 0.3) is 10.9 Å². The second kappa shape index (κ2) is 4.30. The Balaban J connectivity index is 2.74. The van der Waals surface area contributed by atoms with E-state index in [4.69, 9.17) is 15.2 Å². The van der Waals surface area contributed by atoms with E-state index in [9.17, 15) is 0 Å². The minimum atomic E-state index is -0.0122. The van der Waals surface area contributed by atoms with Gasteiger partial charge in [0.2, 0.25) is 0 Å². The predicted octanol–water partition coefficient (Wildman–Crippen LogP) is 2.51. The van der Waals surface area contributed by atoms with Crippen LogP contribution in [0.15, 0.2) is 12.1 Å². The van der Waals surface area contributed by atoms with Gasteiger partial charge < -0.3 is 20.2 Å². The summed E-state index contributed by atoms with van der Waals surface area (Å²) in [7, 11) is 3.26. The van der Waals surface area contributed by atoms with E-state index in [-0.39, 0.29) is 6.04 Å². The Morgan fingerprint density at radius 2 is 1.76 bits per heavy atom. The molecule has 1 atom stereocenters. The molecule has 1 aromatic heterocycles. The van der Waals surface area contributed by atoms with Crippen LogP contribution >= 0.6 is 0 Å². The zero-order valence-corrected chi connectivity index (χ0v) is 10.6. The van der Waals surface area contributed by atoms with E-state index < -0.39 is 0 Å². The lowest BCUT2D eigenvalue weighted by Gasteiger charge is -2.09. The van der Waals surface area contributed by atoms with E-state index in [1.54, 1.807) is 14.2 Å². The van der Waals surface area contributed by atoms with Crippen molar-refractivity contribution in [2.45, 2.75) is 19.9 Å². The minimum Gasteiger partial charge on any atom is -0.493 e. The third-order valence-electron chi connectivity index (χ3n) is 3.00. The van der Waals surface area contributed by atoms with Gasteiger partial charge in [-0.3, -0.25) is 0 Å². The number of methoxy groups -OCH3 is 2. The van der Waals surface area contributed by atoms with E-state index in [0.717, 1.165) is 33.7 Å². The normalized spacial score (nSPS) is 12.8. The van der Waals surface area contributed by atoms with Gasteiger partial charge in [0, 0.05) is 28.7 Å². The molecule has 17 heavy (non-hydrogen) atoms. The summed E-state index contributed by atoms with van der Waals surface area (Å²) in [6, 6.07) is 3.89. The van der Waals surface area contributed by atoms with Gasteiger partial charge in [0.1, 0.15) is 0 Å². The van der Waals surface area contributed by atoms with Crippen molar-refractivity contribution in [3.63, 3.8) is 0 Å². The van der Waals surface area contributed by atoms with Crippen LogP contribution in [0.5, 0.6) is 11.5 Å². The van der Waals surface area contributed by atoms with Crippen molar-refractivity contribution in [2.75, 3.05) is 14.2 Å². The standard InChI is InChI=1S/C13H18N2O2/c1-7(14)13-8(2)15-10-6-12(17-4)11(16-3)5-9(10)13/h5-7,15H,14H2,1-4H3. The summed E-state index contributed by atoms with van der Waals surface area (Å²) < 4.78 is 10.6. The van der Waals surface area contributed by atoms with Gasteiger partial charge in [0.15, 0.2) is 11.5 Å². The van der Waals surface area contributed by atoms with Crippen LogP contribution in [0.3, 0.4) is 0 Å². The Morgan fingerprint density at radius 3 is 2.29 bits per heavy atom. The third kappa shape index (κ3) is 1.85. The molecule has 3 N–H and O–H groups in total. The Kier molecular flexibility index (Phi) is 2.98. The highest BCUT2D eigenvalue weighted by molar-refractivity contribution is 5.88. The first-order valence-corrected chi connectivity index (χ1v) is 5.58. The van der Waals surface area contributed by atoms with E-state index in [1.807, 2.05) is 26.0 Å². The highest BCUT2D eigenvalue weighted by atomic mass is 16.5. The number of aromatic nitrogens is 1. The number of nitrogens with two attached hydrogens (primary N) is 1. The van der Waals surface area contributed by atoms with Crippen molar-refractivity contribution < 1.29 is 9.47 Å². The molecule has 2 rings (SSSR count). The maximum absolute atomic E-state index is 6.00. The Morgan fingerprint density at radius 1 is 1.18 bits per heavy atom. The molecule has 4 nitrogen and oxygen atoms in total. The number of benzene rings is 1. The van der Waals surface area contributed by atoms with Crippen LogP contribution in [0, 0.1) is 6.92 Å². The largest absolute Gasteiger partial charge is 0.493 e. The quantitative estimate of drug-likeness (QED) is 0.857. The molecule has 0 bridgehead atoms. The molecule has 4 heteroatoms. The lowest BCUT2D eigenvalue weighted by Crippen LogP contribution is -2.05. The maximum Gasteiger partial charge on any atom is 0.162 e. The molecule has 0 aliphatic heterocycles. The van der Waals surface area contributed by atoms with Gasteiger partial charge in [-0.1, -0.05) is 0 Å². The molecule has 0 fully saturated rings. The molecule has 1 aromatic carbocycles. The Hall–Kier alpha value is -1.68. The van der Waals surface area contributed by atoms with Crippen molar-refractivity contribution in [3.8, 4) is 11.5 Å². The molecule has 1 unspecified atom stereocenters. The number of aryl methyl sites for hydroxylation is 1. The lowest BCUT2D eigenvalue weighted by molar-refractivity contribution is 0.356. The van der Waals surface area contributed by atoms with Crippen LogP contribution < -0.4 is 15.2 Å². The molecule has 0 spiro atoms. The predicted molar refractivity (Wildman–Crippen MR) is 68.7 cm³/mol. The highest BCUT2D eigenvalue weighted by Crippen LogP contribution is 2.36. The number of aromatic amines is 1. The van der Waals surface area contributed by atoms with Gasteiger partial charge in [0.25, 0.3) is 0 Å². The molecule has 0 amide bonds. The second-order valence-corrected chi connectivity index (χ2v) is 4.21. The van der Waals surface area contributed by atoms with Crippen LogP contribution in [0.1, 0.15) is 24.2 Å². The van der Waals surface area contributed by atoms with Gasteiger partial charge in [-0.15, -0.1) is 0 Å². The summed E-state index contributed by atoms with van der Waals surface area (Å²) in [5.74, 6) is 1.44. The van der Waals surface area contributed by atoms with E-state index in [2.05, 4.69) is 4.98 Å². The van der Waals surface area contributed by atoms with Gasteiger partial charge in [-0.2, -0.15) is 0 Å². The summed E-state index contributed by atoms with van der Waals surface area (Å²) in [4.78, 5) is 3.32. The molecule has 0 aliphatic rings. The SMILES string of the molecule is COc1cc2[nH]c(C)c(C(C)N)c2cc1OC. The maximum atomic E-state index is 6.00. The van der Waals surface area contributed by atoms with Crippen LogP contribution in [0.2, 0.25) is 0 Å². The van der Waals surface area contributed by atoms with E-state index in [1.165, 1.54) is 0 Å². The van der Waals surface area contributed by atoms with E-state index >= 15 is 0 Å². The fourth-order valence-corrected chi connectivity index (χ4v) is 2.26. The van der Waals surface area contributed by atoms with Gasteiger partial charge >= 0.3 is 0 Å². The molecule has 1 heterocycles. The summed E-state index contributed by atoms with van der Waals surface area (Å²) in [6.07, 6.45) is 0. The first-order chi connectivity index (χ1) is 8.08. The van der Waals surface area contributed by atoms with Crippen molar-refractivity contribution in [1.29, 1.82) is 0 Å².